The van der Waals surface area contributed by atoms with Crippen LogP contribution in [0.15, 0.2) is 24.3 Å². The summed E-state index contributed by atoms with van der Waals surface area (Å²) in [5, 5.41) is 9.43. The second kappa shape index (κ2) is 5.23. The number of piperidine rings is 1. The van der Waals surface area contributed by atoms with Crippen molar-refractivity contribution >= 4 is 17.3 Å². The molecular formula is C13H15ClN2. The summed E-state index contributed by atoms with van der Waals surface area (Å²) in [6, 6.07) is 10.2. The van der Waals surface area contributed by atoms with E-state index in [1.54, 1.807) is 0 Å². The van der Waals surface area contributed by atoms with Gasteiger partial charge in [0.05, 0.1) is 6.07 Å². The lowest BCUT2D eigenvalue weighted by molar-refractivity contribution is 0.413. The Morgan fingerprint density at radius 3 is 2.44 bits per heavy atom. The van der Waals surface area contributed by atoms with E-state index in [2.05, 4.69) is 23.1 Å². The van der Waals surface area contributed by atoms with E-state index < -0.39 is 0 Å². The molecule has 0 amide bonds. The standard InChI is InChI=1S/C13H15ClN2/c14-12-1-3-13(4-2-12)16-9-6-11(5-8-15)7-10-16/h1-4,11H,5-7,9-10H2. The van der Waals surface area contributed by atoms with Gasteiger partial charge in [-0.2, -0.15) is 5.26 Å². The second-order valence-electron chi connectivity index (χ2n) is 4.27. The van der Waals surface area contributed by atoms with Crippen LogP contribution in [0.5, 0.6) is 0 Å². The Labute approximate surface area is 101 Å². The van der Waals surface area contributed by atoms with Gasteiger partial charge in [0.2, 0.25) is 0 Å². The Morgan fingerprint density at radius 2 is 1.88 bits per heavy atom. The number of rotatable bonds is 2. The number of nitriles is 1. The van der Waals surface area contributed by atoms with Crippen LogP contribution in [-0.4, -0.2) is 13.1 Å². The Morgan fingerprint density at radius 1 is 1.25 bits per heavy atom. The molecule has 2 nitrogen and oxygen atoms in total. The van der Waals surface area contributed by atoms with Crippen LogP contribution in [0.4, 0.5) is 5.69 Å². The lowest BCUT2D eigenvalue weighted by atomic mass is 9.94. The van der Waals surface area contributed by atoms with Crippen molar-refractivity contribution < 1.29 is 0 Å². The van der Waals surface area contributed by atoms with Gasteiger partial charge in [-0.05, 0) is 43.0 Å². The maximum atomic E-state index is 8.65. The van der Waals surface area contributed by atoms with Crippen LogP contribution in [0.1, 0.15) is 19.3 Å². The van der Waals surface area contributed by atoms with E-state index in [0.29, 0.717) is 12.3 Å². The van der Waals surface area contributed by atoms with Crippen LogP contribution in [0, 0.1) is 17.2 Å². The topological polar surface area (TPSA) is 27.0 Å². The monoisotopic (exact) mass is 234 g/mol. The zero-order valence-corrected chi connectivity index (χ0v) is 9.95. The van der Waals surface area contributed by atoms with Gasteiger partial charge in [0, 0.05) is 30.2 Å². The maximum absolute atomic E-state index is 8.65. The quantitative estimate of drug-likeness (QED) is 0.784. The van der Waals surface area contributed by atoms with Crippen molar-refractivity contribution in [3.05, 3.63) is 29.3 Å². The predicted octanol–water partition coefficient (Wildman–Crippen LogP) is 3.47. The van der Waals surface area contributed by atoms with E-state index >= 15 is 0 Å². The van der Waals surface area contributed by atoms with E-state index in [9.17, 15) is 0 Å². The van der Waals surface area contributed by atoms with Gasteiger partial charge in [-0.25, -0.2) is 0 Å². The molecule has 1 aromatic rings. The molecule has 1 fully saturated rings. The van der Waals surface area contributed by atoms with E-state index in [1.807, 2.05) is 12.1 Å². The minimum Gasteiger partial charge on any atom is -0.372 e. The molecule has 0 aromatic heterocycles. The van der Waals surface area contributed by atoms with Crippen LogP contribution in [0.3, 0.4) is 0 Å². The highest BCUT2D eigenvalue weighted by Gasteiger charge is 2.18. The van der Waals surface area contributed by atoms with Gasteiger partial charge in [0.25, 0.3) is 0 Å². The number of hydrogen-bond donors (Lipinski definition) is 0. The molecule has 0 N–H and O–H groups in total. The summed E-state index contributed by atoms with van der Waals surface area (Å²) in [5.41, 5.74) is 1.24. The van der Waals surface area contributed by atoms with Gasteiger partial charge in [-0.15, -0.1) is 0 Å². The zero-order chi connectivity index (χ0) is 11.4. The first-order chi connectivity index (χ1) is 7.79. The van der Waals surface area contributed by atoms with Gasteiger partial charge >= 0.3 is 0 Å². The average molecular weight is 235 g/mol. The fourth-order valence-corrected chi connectivity index (χ4v) is 2.30. The summed E-state index contributed by atoms with van der Waals surface area (Å²) in [5.74, 6) is 0.591. The Kier molecular flexibility index (Phi) is 3.69. The molecule has 2 rings (SSSR count). The van der Waals surface area contributed by atoms with Gasteiger partial charge in [0.15, 0.2) is 0 Å². The van der Waals surface area contributed by atoms with E-state index in [1.165, 1.54) is 5.69 Å². The third kappa shape index (κ3) is 2.68. The van der Waals surface area contributed by atoms with Crippen LogP contribution < -0.4 is 4.90 Å². The SMILES string of the molecule is N#CCC1CCN(c2ccc(Cl)cc2)CC1. The molecule has 1 aliphatic heterocycles. The van der Waals surface area contributed by atoms with Gasteiger partial charge < -0.3 is 4.90 Å². The Bertz CT molecular complexity index is 372. The highest BCUT2D eigenvalue weighted by atomic mass is 35.5. The van der Waals surface area contributed by atoms with Gasteiger partial charge in [-0.1, -0.05) is 11.6 Å². The zero-order valence-electron chi connectivity index (χ0n) is 9.19. The fraction of sp³-hybridized carbons (Fsp3) is 0.462. The predicted molar refractivity (Wildman–Crippen MR) is 66.6 cm³/mol. The van der Waals surface area contributed by atoms with Gasteiger partial charge in [0.1, 0.15) is 0 Å². The number of anilines is 1. The summed E-state index contributed by atoms with van der Waals surface area (Å²) in [6.07, 6.45) is 2.95. The molecule has 0 unspecified atom stereocenters. The summed E-state index contributed by atoms with van der Waals surface area (Å²) in [6.45, 7) is 2.10. The number of halogens is 1. The van der Waals surface area contributed by atoms with Crippen molar-refractivity contribution in [1.29, 1.82) is 5.26 Å². The lowest BCUT2D eigenvalue weighted by Gasteiger charge is -2.32. The summed E-state index contributed by atoms with van der Waals surface area (Å²) in [7, 11) is 0. The fourth-order valence-electron chi connectivity index (χ4n) is 2.18. The molecule has 84 valence electrons. The minimum atomic E-state index is 0.591. The normalized spacial score (nSPS) is 17.1. The van der Waals surface area contributed by atoms with E-state index in [4.69, 9.17) is 16.9 Å². The van der Waals surface area contributed by atoms with Crippen LogP contribution in [-0.2, 0) is 0 Å². The Hall–Kier alpha value is -1.20. The minimum absolute atomic E-state index is 0.591. The van der Waals surface area contributed by atoms with Crippen LogP contribution >= 0.6 is 11.6 Å². The molecule has 0 saturated carbocycles. The molecule has 0 aliphatic carbocycles. The Balaban J connectivity index is 1.94. The second-order valence-corrected chi connectivity index (χ2v) is 4.71. The van der Waals surface area contributed by atoms with Crippen molar-refractivity contribution in [2.24, 2.45) is 5.92 Å². The molecule has 1 aromatic carbocycles. The number of benzene rings is 1. The lowest BCUT2D eigenvalue weighted by Crippen LogP contribution is -2.33. The first-order valence-electron chi connectivity index (χ1n) is 5.67. The molecule has 0 radical (unpaired) electrons. The smallest absolute Gasteiger partial charge is 0.0624 e. The summed E-state index contributed by atoms with van der Waals surface area (Å²) in [4.78, 5) is 2.37. The third-order valence-electron chi connectivity index (χ3n) is 3.19. The molecule has 1 heterocycles. The molecular weight excluding hydrogens is 220 g/mol. The molecule has 0 atom stereocenters. The van der Waals surface area contributed by atoms with Crippen molar-refractivity contribution in [3.8, 4) is 6.07 Å². The molecule has 3 heteroatoms. The molecule has 16 heavy (non-hydrogen) atoms. The first kappa shape index (κ1) is 11.3. The van der Waals surface area contributed by atoms with Crippen molar-refractivity contribution in [1.82, 2.24) is 0 Å². The average Bonchev–Trinajstić information content (AvgIpc) is 2.32. The van der Waals surface area contributed by atoms with Crippen molar-refractivity contribution in [2.75, 3.05) is 18.0 Å². The first-order valence-corrected chi connectivity index (χ1v) is 6.05. The highest BCUT2D eigenvalue weighted by molar-refractivity contribution is 6.30. The highest BCUT2D eigenvalue weighted by Crippen LogP contribution is 2.25. The summed E-state index contributed by atoms with van der Waals surface area (Å²) < 4.78 is 0. The summed E-state index contributed by atoms with van der Waals surface area (Å²) >= 11 is 5.86. The van der Waals surface area contributed by atoms with Gasteiger partial charge in [-0.3, -0.25) is 0 Å². The maximum Gasteiger partial charge on any atom is 0.0624 e. The molecule has 0 bridgehead atoms. The van der Waals surface area contributed by atoms with Crippen LogP contribution in [0.2, 0.25) is 5.02 Å². The third-order valence-corrected chi connectivity index (χ3v) is 3.44. The molecule has 0 spiro atoms. The van der Waals surface area contributed by atoms with E-state index in [-0.39, 0.29) is 0 Å². The van der Waals surface area contributed by atoms with Crippen molar-refractivity contribution in [2.45, 2.75) is 19.3 Å². The molecule has 1 saturated heterocycles. The number of nitrogens with zero attached hydrogens (tertiary/aromatic N) is 2. The largest absolute Gasteiger partial charge is 0.372 e. The number of hydrogen-bond acceptors (Lipinski definition) is 2. The molecule has 1 aliphatic rings. The van der Waals surface area contributed by atoms with Crippen LogP contribution in [0.25, 0.3) is 0 Å². The van der Waals surface area contributed by atoms with E-state index in [0.717, 1.165) is 31.0 Å². The van der Waals surface area contributed by atoms with Crippen molar-refractivity contribution in [3.63, 3.8) is 0 Å².